The van der Waals surface area contributed by atoms with Crippen molar-refractivity contribution in [3.63, 3.8) is 0 Å². The van der Waals surface area contributed by atoms with Crippen molar-refractivity contribution in [3.05, 3.63) is 29.8 Å². The monoisotopic (exact) mass is 321 g/mol. The van der Waals surface area contributed by atoms with Crippen LogP contribution in [-0.2, 0) is 14.3 Å². The van der Waals surface area contributed by atoms with Crippen LogP contribution in [0.3, 0.4) is 0 Å². The number of carbonyl (C=O) groups excluding carboxylic acids is 1. The van der Waals surface area contributed by atoms with Gasteiger partial charge in [-0.2, -0.15) is 0 Å². The Hall–Kier alpha value is -2.08. The van der Waals surface area contributed by atoms with E-state index in [4.69, 9.17) is 9.47 Å². The maximum Gasteiger partial charge on any atom is 0.326 e. The van der Waals surface area contributed by atoms with Gasteiger partial charge in [-0.1, -0.05) is 19.1 Å². The van der Waals surface area contributed by atoms with Crippen molar-refractivity contribution >= 4 is 11.9 Å². The van der Waals surface area contributed by atoms with E-state index >= 15 is 0 Å². The first kappa shape index (κ1) is 17.3. The molecule has 1 N–H and O–H groups in total. The first-order valence-electron chi connectivity index (χ1n) is 7.59. The summed E-state index contributed by atoms with van der Waals surface area (Å²) in [7, 11) is 4.71. The topological polar surface area (TPSA) is 76.1 Å². The lowest BCUT2D eigenvalue weighted by Crippen LogP contribution is -2.49. The smallest absolute Gasteiger partial charge is 0.326 e. The predicted octanol–water partition coefficient (Wildman–Crippen LogP) is 2.09. The van der Waals surface area contributed by atoms with E-state index in [9.17, 15) is 14.7 Å². The summed E-state index contributed by atoms with van der Waals surface area (Å²) in [5.41, 5.74) is -0.0671. The van der Waals surface area contributed by atoms with Crippen molar-refractivity contribution in [3.8, 4) is 5.75 Å². The number of aliphatic carboxylic acids is 1. The maximum atomic E-state index is 12.3. The van der Waals surface area contributed by atoms with Crippen LogP contribution >= 0.6 is 0 Å². The Bertz CT molecular complexity index is 585. The highest BCUT2D eigenvalue weighted by Gasteiger charge is 2.56. The third-order valence-corrected chi connectivity index (χ3v) is 4.96. The van der Waals surface area contributed by atoms with Crippen LogP contribution in [0.25, 0.3) is 0 Å². The van der Waals surface area contributed by atoms with E-state index in [0.717, 1.165) is 5.56 Å². The Morgan fingerprint density at radius 3 is 2.35 bits per heavy atom. The third kappa shape index (κ3) is 2.79. The summed E-state index contributed by atoms with van der Waals surface area (Å²) < 4.78 is 10.1. The molecular formula is C17H23NO5. The number of hydrogen-bond donors (Lipinski definition) is 1. The molecule has 0 aliphatic carbocycles. The second kappa shape index (κ2) is 6.58. The van der Waals surface area contributed by atoms with Crippen molar-refractivity contribution < 1.29 is 24.2 Å². The van der Waals surface area contributed by atoms with E-state index in [1.807, 2.05) is 24.0 Å². The number of benzene rings is 1. The molecule has 1 fully saturated rings. The number of carbonyl (C=O) groups is 2. The average molecular weight is 321 g/mol. The second-order valence-electron chi connectivity index (χ2n) is 5.85. The molecule has 3 atom stereocenters. The van der Waals surface area contributed by atoms with E-state index in [1.54, 1.807) is 26.3 Å². The lowest BCUT2D eigenvalue weighted by molar-refractivity contribution is -0.153. The number of ether oxygens (including phenoxy) is 2. The van der Waals surface area contributed by atoms with Crippen molar-refractivity contribution in [2.75, 3.05) is 21.3 Å². The van der Waals surface area contributed by atoms with Crippen LogP contribution in [0.2, 0.25) is 0 Å². The average Bonchev–Trinajstić information content (AvgIpc) is 2.88. The normalized spacial score (nSPS) is 27.7. The molecule has 1 aromatic rings. The van der Waals surface area contributed by atoms with Gasteiger partial charge in [-0.3, -0.25) is 14.5 Å². The predicted molar refractivity (Wildman–Crippen MR) is 84.3 cm³/mol. The van der Waals surface area contributed by atoms with E-state index in [-0.39, 0.29) is 12.4 Å². The zero-order valence-electron chi connectivity index (χ0n) is 13.9. The van der Waals surface area contributed by atoms with Gasteiger partial charge < -0.3 is 14.6 Å². The minimum Gasteiger partial charge on any atom is -0.497 e. The molecule has 126 valence electrons. The van der Waals surface area contributed by atoms with Crippen molar-refractivity contribution in [2.45, 2.75) is 31.3 Å². The number of esters is 1. The second-order valence-corrected chi connectivity index (χ2v) is 5.85. The summed E-state index contributed by atoms with van der Waals surface area (Å²) in [4.78, 5) is 26.0. The number of hydrogen-bond acceptors (Lipinski definition) is 5. The van der Waals surface area contributed by atoms with E-state index in [0.29, 0.717) is 12.2 Å². The number of methoxy groups -OCH3 is 2. The fourth-order valence-corrected chi connectivity index (χ4v) is 3.59. The summed E-state index contributed by atoms with van der Waals surface area (Å²) in [5, 5.41) is 9.64. The number of rotatable bonds is 5. The molecule has 0 spiro atoms. The Labute approximate surface area is 136 Å². The zero-order valence-corrected chi connectivity index (χ0v) is 13.9. The summed E-state index contributed by atoms with van der Waals surface area (Å²) in [6.07, 6.45) is 0.727. The number of likely N-dealkylation sites (N-methyl/N-ethyl adjacent to an activating group) is 1. The van der Waals surface area contributed by atoms with Crippen LogP contribution in [0, 0.1) is 5.92 Å². The van der Waals surface area contributed by atoms with Gasteiger partial charge >= 0.3 is 11.9 Å². The first-order chi connectivity index (χ1) is 10.9. The molecule has 1 aromatic carbocycles. The van der Waals surface area contributed by atoms with Crippen molar-refractivity contribution in [2.24, 2.45) is 5.92 Å². The summed E-state index contributed by atoms with van der Waals surface area (Å²) in [6.45, 7) is 1.88. The lowest BCUT2D eigenvalue weighted by Gasteiger charge is -2.35. The Morgan fingerprint density at radius 1 is 1.30 bits per heavy atom. The van der Waals surface area contributed by atoms with Crippen LogP contribution in [0.4, 0.5) is 0 Å². The number of carboxylic acid groups (broad SMARTS) is 1. The van der Waals surface area contributed by atoms with Crippen LogP contribution < -0.4 is 4.74 Å². The molecule has 1 aliphatic heterocycles. The van der Waals surface area contributed by atoms with Crippen LogP contribution in [-0.4, -0.2) is 48.8 Å². The molecule has 0 aromatic heterocycles. The molecule has 0 radical (unpaired) electrons. The molecule has 6 heteroatoms. The number of carboxylic acids is 1. The molecule has 3 unspecified atom stereocenters. The third-order valence-electron chi connectivity index (χ3n) is 4.96. The minimum absolute atomic E-state index is 0.235. The van der Waals surface area contributed by atoms with Crippen LogP contribution in [0.15, 0.2) is 24.3 Å². The highest BCUT2D eigenvalue weighted by Crippen LogP contribution is 2.48. The highest BCUT2D eigenvalue weighted by atomic mass is 16.5. The maximum absolute atomic E-state index is 12.3. The summed E-state index contributed by atoms with van der Waals surface area (Å²) in [5.74, 6) is -1.26. The Kier molecular flexibility index (Phi) is 4.94. The molecule has 6 nitrogen and oxygen atoms in total. The molecule has 23 heavy (non-hydrogen) atoms. The molecule has 0 amide bonds. The zero-order chi connectivity index (χ0) is 17.2. The van der Waals surface area contributed by atoms with Gasteiger partial charge in [-0.25, -0.2) is 0 Å². The Balaban J connectivity index is 2.46. The quantitative estimate of drug-likeness (QED) is 0.837. The molecule has 1 heterocycles. The molecule has 2 rings (SSSR count). The fourth-order valence-electron chi connectivity index (χ4n) is 3.59. The van der Waals surface area contributed by atoms with Gasteiger partial charge in [-0.05, 0) is 37.6 Å². The molecule has 0 bridgehead atoms. The minimum atomic E-state index is -0.914. The highest BCUT2D eigenvalue weighted by molar-refractivity contribution is 5.84. The number of nitrogens with zero attached hydrogens (tertiary/aromatic N) is 1. The fraction of sp³-hybridized carbons (Fsp3) is 0.529. The van der Waals surface area contributed by atoms with Crippen molar-refractivity contribution in [1.82, 2.24) is 4.90 Å². The number of likely N-dealkylation sites (tertiary alicyclic amines) is 1. The SMILES string of the molecule is CCC1(C(=O)OC)CC(C(=O)O)C(c2ccc(OC)cc2)N1C. The Morgan fingerprint density at radius 2 is 1.91 bits per heavy atom. The van der Waals surface area contributed by atoms with Gasteiger partial charge in [0.15, 0.2) is 0 Å². The lowest BCUT2D eigenvalue weighted by atomic mass is 9.87. The van der Waals surface area contributed by atoms with Gasteiger partial charge in [0.2, 0.25) is 0 Å². The molecular weight excluding hydrogens is 298 g/mol. The van der Waals surface area contributed by atoms with Gasteiger partial charge in [0.25, 0.3) is 0 Å². The van der Waals surface area contributed by atoms with Gasteiger partial charge in [-0.15, -0.1) is 0 Å². The van der Waals surface area contributed by atoms with E-state index < -0.39 is 23.5 Å². The van der Waals surface area contributed by atoms with Gasteiger partial charge in [0.1, 0.15) is 11.3 Å². The largest absolute Gasteiger partial charge is 0.497 e. The standard InChI is InChI=1S/C17H23NO5/c1-5-17(16(21)23-4)10-13(15(19)20)14(18(17)2)11-6-8-12(22-3)9-7-11/h6-9,13-14H,5,10H2,1-4H3,(H,19,20). The first-order valence-corrected chi connectivity index (χ1v) is 7.59. The summed E-state index contributed by atoms with van der Waals surface area (Å²) >= 11 is 0. The van der Waals surface area contributed by atoms with Crippen LogP contribution in [0.5, 0.6) is 5.75 Å². The summed E-state index contributed by atoms with van der Waals surface area (Å²) in [6, 6.07) is 6.90. The van der Waals surface area contributed by atoms with Crippen LogP contribution in [0.1, 0.15) is 31.4 Å². The molecule has 0 saturated carbocycles. The molecule has 1 aliphatic rings. The van der Waals surface area contributed by atoms with Crippen molar-refractivity contribution in [1.29, 1.82) is 0 Å². The van der Waals surface area contributed by atoms with Gasteiger partial charge in [0, 0.05) is 6.04 Å². The van der Waals surface area contributed by atoms with Gasteiger partial charge in [0.05, 0.1) is 20.1 Å². The van der Waals surface area contributed by atoms with E-state index in [1.165, 1.54) is 7.11 Å². The molecule has 1 saturated heterocycles. The van der Waals surface area contributed by atoms with E-state index in [2.05, 4.69) is 0 Å².